The van der Waals surface area contributed by atoms with Gasteiger partial charge < -0.3 is 26.2 Å². The van der Waals surface area contributed by atoms with E-state index < -0.39 is 41.8 Å². The molecule has 2 aromatic rings. The summed E-state index contributed by atoms with van der Waals surface area (Å²) in [5.41, 5.74) is 9.03. The van der Waals surface area contributed by atoms with Gasteiger partial charge in [0.05, 0.1) is 6.04 Å². The van der Waals surface area contributed by atoms with Crippen LogP contribution in [0.4, 0.5) is 10.5 Å². The summed E-state index contributed by atoms with van der Waals surface area (Å²) in [7, 11) is 0. The van der Waals surface area contributed by atoms with Crippen LogP contribution in [0.5, 0.6) is 11.5 Å². The predicted octanol–water partition coefficient (Wildman–Crippen LogP) is 1.87. The Balaban J connectivity index is 1.41. The Hall–Kier alpha value is -5.03. The van der Waals surface area contributed by atoms with E-state index in [2.05, 4.69) is 20.7 Å². The molecule has 2 fully saturated rings. The van der Waals surface area contributed by atoms with Crippen LogP contribution in [0.1, 0.15) is 32.6 Å². The number of ether oxygens (including phenoxy) is 1. The third-order valence-electron chi connectivity index (χ3n) is 6.53. The zero-order valence-corrected chi connectivity index (χ0v) is 21.8. The van der Waals surface area contributed by atoms with Crippen LogP contribution in [0.25, 0.3) is 5.53 Å². The topological polar surface area (TPSA) is 174 Å². The van der Waals surface area contributed by atoms with E-state index in [4.69, 9.17) is 10.3 Å². The van der Waals surface area contributed by atoms with Crippen LogP contribution in [0.15, 0.2) is 54.6 Å². The quantitative estimate of drug-likeness (QED) is 0.258. The molecule has 2 heterocycles. The highest BCUT2D eigenvalue weighted by Crippen LogP contribution is 2.26. The van der Waals surface area contributed by atoms with Crippen molar-refractivity contribution in [3.05, 3.63) is 60.1 Å². The molecule has 2 unspecified atom stereocenters. The first-order valence-corrected chi connectivity index (χ1v) is 12.8. The van der Waals surface area contributed by atoms with Crippen molar-refractivity contribution in [1.29, 1.82) is 0 Å². The van der Waals surface area contributed by atoms with Gasteiger partial charge in [0, 0.05) is 18.7 Å². The summed E-state index contributed by atoms with van der Waals surface area (Å²) in [6, 6.07) is 12.1. The van der Waals surface area contributed by atoms with Crippen molar-refractivity contribution in [3.8, 4) is 11.5 Å². The lowest BCUT2D eigenvalue weighted by molar-refractivity contribution is -0.176. The Bertz CT molecular complexity index is 1330. The lowest BCUT2D eigenvalue weighted by Gasteiger charge is -2.43. The number of nitrogens with zero attached hydrogens (tertiary/aromatic N) is 4. The van der Waals surface area contributed by atoms with Gasteiger partial charge in [-0.2, -0.15) is 4.79 Å². The summed E-state index contributed by atoms with van der Waals surface area (Å²) in [5, 5.41) is 10.1. The maximum absolute atomic E-state index is 13.5. The van der Waals surface area contributed by atoms with Crippen LogP contribution in [-0.2, 0) is 19.2 Å². The second-order valence-corrected chi connectivity index (χ2v) is 9.36. The molecule has 4 rings (SSSR count). The number of benzene rings is 2. The number of anilines is 1. The Labute approximate surface area is 230 Å². The van der Waals surface area contributed by atoms with Crippen molar-refractivity contribution in [2.45, 2.75) is 50.7 Å². The molecule has 0 aromatic heterocycles. The molecule has 2 aliphatic heterocycles. The molecule has 0 aliphatic carbocycles. The highest BCUT2D eigenvalue weighted by atomic mass is 16.5. The fourth-order valence-corrected chi connectivity index (χ4v) is 4.51. The molecular formula is C27H29N7O6. The van der Waals surface area contributed by atoms with Gasteiger partial charge in [-0.1, -0.05) is 18.2 Å². The number of Topliss-reactive ketones (excluding diaryl/α,β-unsaturated/α-hetero) is 1. The van der Waals surface area contributed by atoms with Crippen LogP contribution in [0.2, 0.25) is 0 Å². The standard InChI is InChI=1S/C27H29N7O6/c1-17(23(35)16-29-28)30-25(37)22-8-5-15-33-24(36)14-13-21(26(38)34(22)33)32-27(39)31-18-9-11-20(12-10-18)40-19-6-3-2-4-7-19/h2-4,6-7,9-12,16-17,21-22H,5,8,13-15H2,1H3,(H,30,37)(H2,31,32,39)/t17-,21?,22?/m0/s1. The van der Waals surface area contributed by atoms with Crippen LogP contribution >= 0.6 is 0 Å². The molecule has 0 spiro atoms. The van der Waals surface area contributed by atoms with Gasteiger partial charge in [0.25, 0.3) is 11.7 Å². The molecule has 3 N–H and O–H groups in total. The van der Waals surface area contributed by atoms with E-state index in [1.165, 1.54) is 11.9 Å². The van der Waals surface area contributed by atoms with E-state index >= 15 is 0 Å². The first kappa shape index (κ1) is 28.0. The second-order valence-electron chi connectivity index (χ2n) is 9.36. The zero-order valence-electron chi connectivity index (χ0n) is 21.8. The summed E-state index contributed by atoms with van der Waals surface area (Å²) in [5.74, 6) is -0.993. The summed E-state index contributed by atoms with van der Waals surface area (Å²) in [4.78, 5) is 66.8. The maximum atomic E-state index is 13.5. The number of para-hydroxylation sites is 1. The smallest absolute Gasteiger partial charge is 0.325 e. The Morgan fingerprint density at radius 3 is 2.45 bits per heavy atom. The van der Waals surface area contributed by atoms with E-state index in [1.807, 2.05) is 30.3 Å². The summed E-state index contributed by atoms with van der Waals surface area (Å²) < 4.78 is 5.74. The molecule has 2 saturated heterocycles. The number of carbonyl (C=O) groups excluding carboxylic acids is 5. The van der Waals surface area contributed by atoms with Crippen LogP contribution in [0, 0.1) is 0 Å². The van der Waals surface area contributed by atoms with Gasteiger partial charge in [0.2, 0.25) is 11.8 Å². The SMILES string of the molecule is C[C@H](NC(=O)C1CCCN2C(=O)CCC(NC(=O)Nc3ccc(Oc4ccccc4)cc3)C(=O)N12)C(=O)C=[N+]=[N-]. The number of ketones is 1. The van der Waals surface area contributed by atoms with Crippen molar-refractivity contribution < 1.29 is 33.5 Å². The monoisotopic (exact) mass is 547 g/mol. The average molecular weight is 548 g/mol. The van der Waals surface area contributed by atoms with Crippen molar-refractivity contribution in [3.63, 3.8) is 0 Å². The van der Waals surface area contributed by atoms with Gasteiger partial charge in [0.1, 0.15) is 23.6 Å². The molecule has 2 aliphatic rings. The largest absolute Gasteiger partial charge is 0.457 e. The minimum atomic E-state index is -1.07. The molecule has 40 heavy (non-hydrogen) atoms. The van der Waals surface area contributed by atoms with Gasteiger partial charge in [-0.25, -0.2) is 9.80 Å². The second kappa shape index (κ2) is 12.7. The Morgan fingerprint density at radius 2 is 1.75 bits per heavy atom. The third kappa shape index (κ3) is 6.69. The molecular weight excluding hydrogens is 518 g/mol. The number of rotatable bonds is 8. The Morgan fingerprint density at radius 1 is 1.05 bits per heavy atom. The van der Waals surface area contributed by atoms with E-state index in [0.717, 1.165) is 5.01 Å². The third-order valence-corrected chi connectivity index (χ3v) is 6.53. The molecule has 5 amide bonds. The average Bonchev–Trinajstić information content (AvgIpc) is 3.06. The van der Waals surface area contributed by atoms with E-state index in [1.54, 1.807) is 24.3 Å². The molecule has 13 heteroatoms. The molecule has 208 valence electrons. The molecule has 0 radical (unpaired) electrons. The van der Waals surface area contributed by atoms with Crippen LogP contribution in [-0.4, -0.2) is 75.2 Å². The van der Waals surface area contributed by atoms with Gasteiger partial charge in [0.15, 0.2) is 0 Å². The predicted molar refractivity (Wildman–Crippen MR) is 142 cm³/mol. The lowest BCUT2D eigenvalue weighted by atomic mass is 10.0. The maximum Gasteiger partial charge on any atom is 0.325 e. The number of hydrogen-bond donors (Lipinski definition) is 3. The molecule has 2 aromatic carbocycles. The summed E-state index contributed by atoms with van der Waals surface area (Å²) in [6.07, 6.45) is 1.44. The van der Waals surface area contributed by atoms with Gasteiger partial charge in [-0.05, 0) is 62.6 Å². The molecule has 0 saturated carbocycles. The number of amides is 5. The normalized spacial score (nSPS) is 19.3. The van der Waals surface area contributed by atoms with Gasteiger partial charge in [-0.15, -0.1) is 0 Å². The number of hydrazine groups is 1. The van der Waals surface area contributed by atoms with E-state index in [0.29, 0.717) is 29.8 Å². The first-order chi connectivity index (χ1) is 19.3. The lowest BCUT2D eigenvalue weighted by Crippen LogP contribution is -2.64. The number of carbonyl (C=O) groups is 5. The fourth-order valence-electron chi connectivity index (χ4n) is 4.51. The zero-order chi connectivity index (χ0) is 28.6. The van der Waals surface area contributed by atoms with Crippen LogP contribution < -0.4 is 20.7 Å². The summed E-state index contributed by atoms with van der Waals surface area (Å²) in [6.45, 7) is 1.66. The first-order valence-electron chi connectivity index (χ1n) is 12.8. The number of urea groups is 1. The molecule has 3 atom stereocenters. The van der Waals surface area contributed by atoms with Crippen molar-refractivity contribution in [1.82, 2.24) is 20.7 Å². The highest BCUT2D eigenvalue weighted by molar-refractivity contribution is 6.28. The number of hydrogen-bond acceptors (Lipinski definition) is 6. The van der Waals surface area contributed by atoms with Gasteiger partial charge >= 0.3 is 12.2 Å². The molecule has 13 nitrogen and oxygen atoms in total. The minimum Gasteiger partial charge on any atom is -0.457 e. The summed E-state index contributed by atoms with van der Waals surface area (Å²) >= 11 is 0. The Kier molecular flexibility index (Phi) is 8.87. The molecule has 0 bridgehead atoms. The van der Waals surface area contributed by atoms with Crippen molar-refractivity contribution in [2.24, 2.45) is 0 Å². The van der Waals surface area contributed by atoms with Gasteiger partial charge in [-0.3, -0.25) is 24.2 Å². The fraction of sp³-hybridized carbons (Fsp3) is 0.333. The highest BCUT2D eigenvalue weighted by Gasteiger charge is 2.45. The number of fused-ring (bicyclic) bond motifs is 1. The van der Waals surface area contributed by atoms with Crippen LogP contribution in [0.3, 0.4) is 0 Å². The van der Waals surface area contributed by atoms with Crippen molar-refractivity contribution in [2.75, 3.05) is 11.9 Å². The van der Waals surface area contributed by atoms with E-state index in [9.17, 15) is 24.0 Å². The van der Waals surface area contributed by atoms with E-state index in [-0.39, 0.29) is 31.7 Å². The van der Waals surface area contributed by atoms with Crippen molar-refractivity contribution >= 4 is 41.4 Å². The minimum absolute atomic E-state index is 0.00506. The number of nitrogens with one attached hydrogen (secondary N) is 3.